The number of rotatable bonds is 6. The Morgan fingerprint density at radius 2 is 1.80 bits per heavy atom. The van der Waals surface area contributed by atoms with Gasteiger partial charge in [-0.1, -0.05) is 12.1 Å². The minimum atomic E-state index is -0.555. The molecule has 2 fully saturated rings. The molecule has 0 radical (unpaired) electrons. The van der Waals surface area contributed by atoms with E-state index in [0.29, 0.717) is 30.0 Å². The molecule has 9 nitrogen and oxygen atoms in total. The van der Waals surface area contributed by atoms with Crippen LogP contribution < -0.4 is 20.5 Å². The molecule has 2 saturated heterocycles. The summed E-state index contributed by atoms with van der Waals surface area (Å²) in [4.78, 5) is 14.2. The molecule has 4 heterocycles. The number of methoxy groups -OCH3 is 2. The minimum Gasteiger partial charge on any atom is -0.497 e. The number of nitrogens with zero attached hydrogens (tertiary/aromatic N) is 3. The van der Waals surface area contributed by atoms with Gasteiger partial charge in [-0.05, 0) is 64.2 Å². The van der Waals surface area contributed by atoms with Gasteiger partial charge in [0.15, 0.2) is 0 Å². The van der Waals surface area contributed by atoms with Crippen LogP contribution in [0.2, 0.25) is 0 Å². The maximum absolute atomic E-state index is 14.2. The normalized spacial score (nSPS) is 20.4. The monoisotopic (exact) mass is 545 g/mol. The lowest BCUT2D eigenvalue weighted by molar-refractivity contribution is 0.00578. The summed E-state index contributed by atoms with van der Waals surface area (Å²) in [5.74, 6) is 1.34. The average Bonchev–Trinajstić information content (AvgIpc) is 3.49. The molecule has 0 aliphatic carbocycles. The highest BCUT2D eigenvalue weighted by molar-refractivity contribution is 6.62. The van der Waals surface area contributed by atoms with Gasteiger partial charge in [-0.15, -0.1) is 0 Å². The molecule has 0 amide bonds. The molecule has 40 heavy (non-hydrogen) atoms. The summed E-state index contributed by atoms with van der Waals surface area (Å²) < 4.78 is 33.3. The van der Waals surface area contributed by atoms with Crippen LogP contribution in [0.3, 0.4) is 0 Å². The van der Waals surface area contributed by atoms with Crippen LogP contribution in [-0.4, -0.2) is 60.1 Å². The maximum Gasteiger partial charge on any atom is 0.494 e. The molecule has 2 aromatic heterocycles. The first kappa shape index (κ1) is 26.9. The van der Waals surface area contributed by atoms with Crippen molar-refractivity contribution in [1.82, 2.24) is 14.3 Å². The van der Waals surface area contributed by atoms with E-state index in [0.717, 1.165) is 46.9 Å². The summed E-state index contributed by atoms with van der Waals surface area (Å²) in [6, 6.07) is 11.8. The average molecular weight is 545 g/mol. The Kier molecular flexibility index (Phi) is 6.68. The van der Waals surface area contributed by atoms with Gasteiger partial charge in [0.25, 0.3) is 5.56 Å². The predicted molar refractivity (Wildman–Crippen MR) is 155 cm³/mol. The van der Waals surface area contributed by atoms with E-state index in [2.05, 4.69) is 6.07 Å². The van der Waals surface area contributed by atoms with Crippen molar-refractivity contribution >= 4 is 34.4 Å². The van der Waals surface area contributed by atoms with Crippen LogP contribution in [0, 0.1) is 0 Å². The molecule has 0 spiro atoms. The van der Waals surface area contributed by atoms with Crippen molar-refractivity contribution in [2.45, 2.75) is 64.3 Å². The summed E-state index contributed by atoms with van der Waals surface area (Å²) in [6.45, 7) is 9.79. The van der Waals surface area contributed by atoms with Gasteiger partial charge in [0.2, 0.25) is 0 Å². The third-order valence-corrected chi connectivity index (χ3v) is 8.67. The van der Waals surface area contributed by atoms with Gasteiger partial charge in [-0.3, -0.25) is 9.48 Å². The third-order valence-electron chi connectivity index (χ3n) is 8.67. The van der Waals surface area contributed by atoms with Gasteiger partial charge < -0.3 is 28.1 Å². The minimum absolute atomic E-state index is 0.0779. The molecule has 6 rings (SSSR count). The zero-order chi connectivity index (χ0) is 28.2. The summed E-state index contributed by atoms with van der Waals surface area (Å²) in [7, 11) is 2.68. The first-order chi connectivity index (χ1) is 19.1. The summed E-state index contributed by atoms with van der Waals surface area (Å²) >= 11 is 0. The molecular weight excluding hydrogens is 509 g/mol. The Balaban J connectivity index is 1.55. The first-order valence-electron chi connectivity index (χ1n) is 13.8. The summed E-state index contributed by atoms with van der Waals surface area (Å²) in [5.41, 5.74) is 2.25. The second kappa shape index (κ2) is 9.94. The van der Waals surface area contributed by atoms with Gasteiger partial charge in [0, 0.05) is 23.6 Å². The Labute approximate surface area is 234 Å². The Bertz CT molecular complexity index is 1620. The molecule has 2 aliphatic rings. The largest absolute Gasteiger partial charge is 0.497 e. The standard InChI is InChI=1S/C30H36BN3O6/c1-29(2)30(3,4)40-31(39-29)20-10-12-23-25(14-20)33(17-19-9-11-22(36-5)15-26(19)37-6)28(35)24-16-32-34(27(23)24)21-8-7-13-38-18-21/h9-12,14-16,21H,7-8,13,17-18H2,1-6H3. The Hall–Kier alpha value is -3.34. The molecular formula is C30H36BN3O6. The van der Waals surface area contributed by atoms with Gasteiger partial charge >= 0.3 is 7.12 Å². The van der Waals surface area contributed by atoms with Crippen LogP contribution in [0.4, 0.5) is 0 Å². The van der Waals surface area contributed by atoms with E-state index in [1.807, 2.05) is 62.7 Å². The first-order valence-corrected chi connectivity index (χ1v) is 13.8. The van der Waals surface area contributed by atoms with Crippen molar-refractivity contribution in [3.05, 3.63) is 58.5 Å². The fourth-order valence-electron chi connectivity index (χ4n) is 5.64. The molecule has 0 saturated carbocycles. The molecule has 1 unspecified atom stereocenters. The zero-order valence-corrected chi connectivity index (χ0v) is 24.0. The van der Waals surface area contributed by atoms with E-state index in [4.69, 9.17) is 28.6 Å². The van der Waals surface area contributed by atoms with E-state index < -0.39 is 18.3 Å². The number of fused-ring (bicyclic) bond motifs is 3. The quantitative estimate of drug-likeness (QED) is 0.338. The molecule has 10 heteroatoms. The van der Waals surface area contributed by atoms with Crippen molar-refractivity contribution in [1.29, 1.82) is 0 Å². The molecule has 0 N–H and O–H groups in total. The van der Waals surface area contributed by atoms with Crippen LogP contribution in [0.1, 0.15) is 52.1 Å². The van der Waals surface area contributed by atoms with Crippen molar-refractivity contribution in [2.24, 2.45) is 0 Å². The molecule has 210 valence electrons. The lowest BCUT2D eigenvalue weighted by atomic mass is 9.78. The Morgan fingerprint density at radius 1 is 1.02 bits per heavy atom. The van der Waals surface area contributed by atoms with Crippen LogP contribution in [-0.2, 0) is 20.6 Å². The van der Waals surface area contributed by atoms with Gasteiger partial charge in [0.05, 0.1) is 67.2 Å². The third kappa shape index (κ3) is 4.38. The molecule has 4 aromatic rings. The highest BCUT2D eigenvalue weighted by Gasteiger charge is 2.51. The van der Waals surface area contributed by atoms with E-state index in [9.17, 15) is 4.79 Å². The van der Waals surface area contributed by atoms with Crippen molar-refractivity contribution in [3.8, 4) is 11.5 Å². The Morgan fingerprint density at radius 3 is 2.48 bits per heavy atom. The fraction of sp³-hybridized carbons (Fsp3) is 0.467. The molecule has 1 atom stereocenters. The topological polar surface area (TPSA) is 86.0 Å². The van der Waals surface area contributed by atoms with Gasteiger partial charge in [-0.2, -0.15) is 5.10 Å². The van der Waals surface area contributed by atoms with Crippen LogP contribution in [0.5, 0.6) is 11.5 Å². The number of hydrogen-bond donors (Lipinski definition) is 0. The zero-order valence-electron chi connectivity index (χ0n) is 24.0. The summed E-state index contributed by atoms with van der Waals surface area (Å²) in [5, 5.41) is 6.22. The molecule has 2 aromatic carbocycles. The van der Waals surface area contributed by atoms with Crippen LogP contribution in [0.25, 0.3) is 21.8 Å². The lowest BCUT2D eigenvalue weighted by Gasteiger charge is -2.32. The maximum atomic E-state index is 14.2. The van der Waals surface area contributed by atoms with Gasteiger partial charge in [0.1, 0.15) is 11.5 Å². The highest BCUT2D eigenvalue weighted by atomic mass is 16.7. The number of pyridine rings is 1. The number of aromatic nitrogens is 3. The summed E-state index contributed by atoms with van der Waals surface area (Å²) in [6.07, 6.45) is 3.61. The number of benzene rings is 2. The molecule has 2 aliphatic heterocycles. The smallest absolute Gasteiger partial charge is 0.494 e. The van der Waals surface area contributed by atoms with E-state index >= 15 is 0 Å². The van der Waals surface area contributed by atoms with Crippen molar-refractivity contribution in [3.63, 3.8) is 0 Å². The highest BCUT2D eigenvalue weighted by Crippen LogP contribution is 2.37. The van der Waals surface area contributed by atoms with Crippen LogP contribution >= 0.6 is 0 Å². The second-order valence-electron chi connectivity index (χ2n) is 11.7. The van der Waals surface area contributed by atoms with E-state index in [-0.39, 0.29) is 11.6 Å². The fourth-order valence-corrected chi connectivity index (χ4v) is 5.64. The lowest BCUT2D eigenvalue weighted by Crippen LogP contribution is -2.41. The number of ether oxygens (including phenoxy) is 3. The predicted octanol–water partition coefficient (Wildman–Crippen LogP) is 4.07. The number of hydrogen-bond acceptors (Lipinski definition) is 7. The molecule has 0 bridgehead atoms. The second-order valence-corrected chi connectivity index (χ2v) is 11.7. The SMILES string of the molecule is COc1ccc(Cn2c(=O)c3cnn(C4CCCOC4)c3c3ccc(B4OC(C)(C)C(C)(C)O4)cc32)c(OC)c1. The van der Waals surface area contributed by atoms with Crippen molar-refractivity contribution < 1.29 is 23.5 Å². The van der Waals surface area contributed by atoms with Gasteiger partial charge in [-0.25, -0.2) is 0 Å². The van der Waals surface area contributed by atoms with Crippen molar-refractivity contribution in [2.75, 3.05) is 27.4 Å². The van der Waals surface area contributed by atoms with E-state index in [1.165, 1.54) is 0 Å². The van der Waals surface area contributed by atoms with Crippen LogP contribution in [0.15, 0.2) is 47.4 Å². The van der Waals surface area contributed by atoms with E-state index in [1.54, 1.807) is 25.0 Å².